The zero-order chi connectivity index (χ0) is 28.7. The molecule has 212 valence electrons. The maximum absolute atomic E-state index is 13.1. The van der Waals surface area contributed by atoms with Crippen LogP contribution in [0.15, 0.2) is 71.6 Å². The van der Waals surface area contributed by atoms with Gasteiger partial charge < -0.3 is 14.8 Å². The molecule has 0 aliphatic rings. The van der Waals surface area contributed by atoms with Crippen LogP contribution in [0.5, 0.6) is 11.5 Å². The maximum atomic E-state index is 13.1. The molecule has 1 N–H and O–H groups in total. The van der Waals surface area contributed by atoms with E-state index < -0.39 is 10.0 Å². The van der Waals surface area contributed by atoms with Gasteiger partial charge in [-0.3, -0.25) is 9.48 Å². The van der Waals surface area contributed by atoms with Gasteiger partial charge in [-0.05, 0) is 60.4 Å². The molecule has 40 heavy (non-hydrogen) atoms. The van der Waals surface area contributed by atoms with E-state index in [0.717, 1.165) is 34.9 Å². The summed E-state index contributed by atoms with van der Waals surface area (Å²) in [5.74, 6) is 1.42. The van der Waals surface area contributed by atoms with E-state index in [-0.39, 0.29) is 17.2 Å². The lowest BCUT2D eigenvalue weighted by Gasteiger charge is -2.21. The summed E-state index contributed by atoms with van der Waals surface area (Å²) in [6.45, 7) is 5.36. The minimum Gasteiger partial charge on any atom is -0.493 e. The standard InChI is InChI=1S/C30H36N4O5S/c1-5-17-33(18-6-2)40(36,37)24-14-11-22(12-15-24)21-34-26-10-8-7-9-25(26)30(32-34)31-29(35)20-23-13-16-27(38-3)28(19-23)39-4/h7-16,19H,5-6,17-18,20-21H2,1-4H3,(H,31,32,35). The quantitative estimate of drug-likeness (QED) is 0.243. The number of para-hydroxylation sites is 1. The number of carbonyl (C=O) groups is 1. The van der Waals surface area contributed by atoms with Crippen LogP contribution in [0.1, 0.15) is 37.8 Å². The Hall–Kier alpha value is -3.89. The fourth-order valence-electron chi connectivity index (χ4n) is 4.63. The first-order valence-corrected chi connectivity index (χ1v) is 14.8. The first-order valence-electron chi connectivity index (χ1n) is 13.4. The van der Waals surface area contributed by atoms with Crippen molar-refractivity contribution in [2.75, 3.05) is 32.6 Å². The number of aromatic nitrogens is 2. The van der Waals surface area contributed by atoms with Crippen LogP contribution >= 0.6 is 0 Å². The Morgan fingerprint density at radius 1 is 0.900 bits per heavy atom. The summed E-state index contributed by atoms with van der Waals surface area (Å²) < 4.78 is 40.2. The summed E-state index contributed by atoms with van der Waals surface area (Å²) in [6, 6.07) is 20.0. The lowest BCUT2D eigenvalue weighted by Crippen LogP contribution is -2.32. The van der Waals surface area contributed by atoms with Crippen LogP contribution in [-0.4, -0.2) is 55.7 Å². The van der Waals surface area contributed by atoms with Crippen molar-refractivity contribution in [3.63, 3.8) is 0 Å². The molecule has 0 aliphatic carbocycles. The second kappa shape index (κ2) is 13.0. The zero-order valence-corrected chi connectivity index (χ0v) is 24.2. The Kier molecular flexibility index (Phi) is 9.44. The lowest BCUT2D eigenvalue weighted by molar-refractivity contribution is -0.115. The van der Waals surface area contributed by atoms with Crippen LogP contribution in [0.3, 0.4) is 0 Å². The summed E-state index contributed by atoms with van der Waals surface area (Å²) in [7, 11) is -0.423. The predicted molar refractivity (Wildman–Crippen MR) is 156 cm³/mol. The number of rotatable bonds is 13. The van der Waals surface area contributed by atoms with Crippen molar-refractivity contribution in [3.05, 3.63) is 77.9 Å². The Morgan fingerprint density at radius 2 is 1.55 bits per heavy atom. The number of benzene rings is 3. The third-order valence-corrected chi connectivity index (χ3v) is 8.48. The lowest BCUT2D eigenvalue weighted by atomic mass is 10.1. The van der Waals surface area contributed by atoms with E-state index in [1.165, 1.54) is 0 Å². The molecule has 4 rings (SSSR count). The molecule has 1 aromatic heterocycles. The van der Waals surface area contributed by atoms with E-state index >= 15 is 0 Å². The number of nitrogens with zero attached hydrogens (tertiary/aromatic N) is 3. The average Bonchev–Trinajstić information content (AvgIpc) is 3.29. The Morgan fingerprint density at radius 3 is 2.20 bits per heavy atom. The topological polar surface area (TPSA) is 103 Å². The predicted octanol–water partition coefficient (Wildman–Crippen LogP) is 5.09. The summed E-state index contributed by atoms with van der Waals surface area (Å²) in [5.41, 5.74) is 2.54. The molecule has 9 nitrogen and oxygen atoms in total. The number of hydrogen-bond donors (Lipinski definition) is 1. The number of hydrogen-bond acceptors (Lipinski definition) is 6. The molecular formula is C30H36N4O5S. The fraction of sp³-hybridized carbons (Fsp3) is 0.333. The van der Waals surface area contributed by atoms with Crippen LogP contribution in [0.2, 0.25) is 0 Å². The van der Waals surface area contributed by atoms with Gasteiger partial charge in [0.15, 0.2) is 17.3 Å². The van der Waals surface area contributed by atoms with E-state index in [1.54, 1.807) is 42.8 Å². The van der Waals surface area contributed by atoms with Gasteiger partial charge in [-0.1, -0.05) is 44.2 Å². The number of carbonyl (C=O) groups excluding carboxylic acids is 1. The zero-order valence-electron chi connectivity index (χ0n) is 23.4. The van der Waals surface area contributed by atoms with E-state index in [9.17, 15) is 13.2 Å². The Labute approximate surface area is 235 Å². The van der Waals surface area contributed by atoms with Gasteiger partial charge in [0.05, 0.1) is 37.6 Å². The molecule has 0 aliphatic heterocycles. The van der Waals surface area contributed by atoms with Gasteiger partial charge in [-0.15, -0.1) is 0 Å². The summed E-state index contributed by atoms with van der Waals surface area (Å²) in [4.78, 5) is 13.2. The fourth-order valence-corrected chi connectivity index (χ4v) is 6.26. The van der Waals surface area contributed by atoms with Crippen LogP contribution in [0.25, 0.3) is 10.9 Å². The second-order valence-corrected chi connectivity index (χ2v) is 11.4. The summed E-state index contributed by atoms with van der Waals surface area (Å²) in [5, 5.41) is 8.45. The molecule has 0 fully saturated rings. The SMILES string of the molecule is CCCN(CCC)S(=O)(=O)c1ccc(Cn2nc(NC(=O)Cc3ccc(OC)c(OC)c3)c3ccccc32)cc1. The number of methoxy groups -OCH3 is 2. The molecule has 0 unspecified atom stereocenters. The highest BCUT2D eigenvalue weighted by atomic mass is 32.2. The van der Waals surface area contributed by atoms with Crippen molar-refractivity contribution < 1.29 is 22.7 Å². The molecule has 0 radical (unpaired) electrons. The van der Waals surface area contributed by atoms with Gasteiger partial charge in [0.2, 0.25) is 15.9 Å². The van der Waals surface area contributed by atoms with Crippen LogP contribution in [0.4, 0.5) is 5.82 Å². The average molecular weight is 565 g/mol. The second-order valence-electron chi connectivity index (χ2n) is 9.49. The number of anilines is 1. The smallest absolute Gasteiger partial charge is 0.243 e. The number of sulfonamides is 1. The van der Waals surface area contributed by atoms with E-state index in [1.807, 2.05) is 61.0 Å². The van der Waals surface area contributed by atoms with E-state index in [0.29, 0.717) is 37.0 Å². The van der Waals surface area contributed by atoms with Crippen molar-refractivity contribution in [3.8, 4) is 11.5 Å². The maximum Gasteiger partial charge on any atom is 0.243 e. The molecule has 0 saturated heterocycles. The van der Waals surface area contributed by atoms with Gasteiger partial charge in [0, 0.05) is 18.5 Å². The number of fused-ring (bicyclic) bond motifs is 1. The normalized spacial score (nSPS) is 11.6. The highest BCUT2D eigenvalue weighted by molar-refractivity contribution is 7.89. The van der Waals surface area contributed by atoms with Crippen molar-refractivity contribution in [1.29, 1.82) is 0 Å². The molecular weight excluding hydrogens is 528 g/mol. The van der Waals surface area contributed by atoms with Gasteiger partial charge in [-0.2, -0.15) is 9.40 Å². The first-order chi connectivity index (χ1) is 19.3. The largest absolute Gasteiger partial charge is 0.493 e. The highest BCUT2D eigenvalue weighted by Crippen LogP contribution is 2.28. The summed E-state index contributed by atoms with van der Waals surface area (Å²) in [6.07, 6.45) is 1.66. The minimum atomic E-state index is -3.54. The third-order valence-electron chi connectivity index (χ3n) is 6.57. The molecule has 0 spiro atoms. The van der Waals surface area contributed by atoms with Crippen LogP contribution in [0, 0.1) is 0 Å². The summed E-state index contributed by atoms with van der Waals surface area (Å²) >= 11 is 0. The van der Waals surface area contributed by atoms with E-state index in [2.05, 4.69) is 10.4 Å². The Bertz CT molecular complexity index is 1560. The molecule has 3 aromatic carbocycles. The third kappa shape index (κ3) is 6.46. The van der Waals surface area contributed by atoms with Crippen molar-refractivity contribution in [2.45, 2.75) is 44.6 Å². The number of nitrogens with one attached hydrogen (secondary N) is 1. The highest BCUT2D eigenvalue weighted by Gasteiger charge is 2.23. The van der Waals surface area contributed by atoms with Gasteiger partial charge >= 0.3 is 0 Å². The molecule has 0 saturated carbocycles. The Balaban J connectivity index is 1.52. The van der Waals surface area contributed by atoms with Crippen molar-refractivity contribution in [2.24, 2.45) is 0 Å². The minimum absolute atomic E-state index is 0.143. The van der Waals surface area contributed by atoms with Crippen LogP contribution in [-0.2, 0) is 27.8 Å². The number of amides is 1. The van der Waals surface area contributed by atoms with Crippen molar-refractivity contribution in [1.82, 2.24) is 14.1 Å². The molecule has 10 heteroatoms. The van der Waals surface area contributed by atoms with Crippen molar-refractivity contribution >= 4 is 32.7 Å². The monoisotopic (exact) mass is 564 g/mol. The van der Waals surface area contributed by atoms with Gasteiger partial charge in [0.1, 0.15) is 0 Å². The van der Waals surface area contributed by atoms with Gasteiger partial charge in [0.25, 0.3) is 0 Å². The molecule has 0 atom stereocenters. The molecule has 0 bridgehead atoms. The number of ether oxygens (including phenoxy) is 2. The first kappa shape index (κ1) is 29.1. The molecule has 1 heterocycles. The molecule has 1 amide bonds. The van der Waals surface area contributed by atoms with Crippen LogP contribution < -0.4 is 14.8 Å². The molecule has 4 aromatic rings. The van der Waals surface area contributed by atoms with Gasteiger partial charge in [-0.25, -0.2) is 8.42 Å². The van der Waals surface area contributed by atoms with E-state index in [4.69, 9.17) is 9.47 Å².